The molecular formula is C18H19ClFN3O4S. The van der Waals surface area contributed by atoms with E-state index in [1.54, 1.807) is 13.1 Å². The highest BCUT2D eigenvalue weighted by Crippen LogP contribution is 2.34. The summed E-state index contributed by atoms with van der Waals surface area (Å²) in [5.74, 6) is -0.509. The van der Waals surface area contributed by atoms with Crippen molar-refractivity contribution in [1.82, 2.24) is 4.31 Å². The highest BCUT2D eigenvalue weighted by atomic mass is 35.5. The summed E-state index contributed by atoms with van der Waals surface area (Å²) in [6.45, 7) is 0.743. The van der Waals surface area contributed by atoms with E-state index in [0.29, 0.717) is 13.1 Å². The van der Waals surface area contributed by atoms with Gasteiger partial charge in [-0.05, 0) is 31.0 Å². The third-order valence-corrected chi connectivity index (χ3v) is 6.99. The van der Waals surface area contributed by atoms with Gasteiger partial charge in [-0.1, -0.05) is 17.7 Å². The van der Waals surface area contributed by atoms with Crippen LogP contribution in [0.2, 0.25) is 5.02 Å². The lowest BCUT2D eigenvalue weighted by molar-refractivity contribution is -0.385. The predicted octanol–water partition coefficient (Wildman–Crippen LogP) is 3.81. The number of nitrogens with zero attached hydrogens (tertiary/aromatic N) is 3. The van der Waals surface area contributed by atoms with Crippen LogP contribution in [-0.2, 0) is 16.6 Å². The van der Waals surface area contributed by atoms with E-state index in [9.17, 15) is 22.9 Å². The van der Waals surface area contributed by atoms with Gasteiger partial charge in [0.1, 0.15) is 10.7 Å². The van der Waals surface area contributed by atoms with Gasteiger partial charge in [-0.15, -0.1) is 0 Å². The molecule has 150 valence electrons. The fourth-order valence-corrected chi connectivity index (χ4v) is 5.21. The summed E-state index contributed by atoms with van der Waals surface area (Å²) in [6, 6.07) is 7.96. The lowest BCUT2D eigenvalue weighted by Gasteiger charge is -2.25. The van der Waals surface area contributed by atoms with Gasteiger partial charge in [0, 0.05) is 49.4 Å². The summed E-state index contributed by atoms with van der Waals surface area (Å²) < 4.78 is 41.7. The van der Waals surface area contributed by atoms with Crippen molar-refractivity contribution in [2.24, 2.45) is 0 Å². The van der Waals surface area contributed by atoms with E-state index in [-0.39, 0.29) is 33.4 Å². The maximum Gasteiger partial charge on any atom is 0.270 e. The van der Waals surface area contributed by atoms with E-state index in [2.05, 4.69) is 0 Å². The van der Waals surface area contributed by atoms with E-state index < -0.39 is 20.8 Å². The molecule has 10 heteroatoms. The Morgan fingerprint density at radius 2 is 1.93 bits per heavy atom. The molecular weight excluding hydrogens is 409 g/mol. The first kappa shape index (κ1) is 20.5. The van der Waals surface area contributed by atoms with Gasteiger partial charge in [0.25, 0.3) is 5.69 Å². The van der Waals surface area contributed by atoms with Crippen LogP contribution >= 0.6 is 11.6 Å². The minimum Gasteiger partial charge on any atom is -0.369 e. The van der Waals surface area contributed by atoms with Crippen LogP contribution in [0.15, 0.2) is 41.3 Å². The van der Waals surface area contributed by atoms with Gasteiger partial charge in [0.15, 0.2) is 0 Å². The quantitative estimate of drug-likeness (QED) is 0.517. The standard InChI is InChI=1S/C18H19ClFN3O4S/c1-21(12-14-15(19)5-4-6-16(14)20)17-8-7-13(23(24)25)11-18(17)28(26,27)22-9-2-3-10-22/h4-8,11H,2-3,9-10,12H2,1H3. The van der Waals surface area contributed by atoms with Crippen LogP contribution in [-0.4, -0.2) is 37.8 Å². The zero-order chi connectivity index (χ0) is 20.5. The van der Waals surface area contributed by atoms with E-state index >= 15 is 0 Å². The van der Waals surface area contributed by atoms with Gasteiger partial charge in [-0.2, -0.15) is 4.31 Å². The maximum atomic E-state index is 14.1. The largest absolute Gasteiger partial charge is 0.369 e. The van der Waals surface area contributed by atoms with Crippen LogP contribution < -0.4 is 4.90 Å². The van der Waals surface area contributed by atoms with Crippen LogP contribution in [0.1, 0.15) is 18.4 Å². The molecule has 1 aliphatic heterocycles. The Labute approximate surface area is 167 Å². The minimum absolute atomic E-state index is 0.00579. The zero-order valence-corrected chi connectivity index (χ0v) is 16.7. The highest BCUT2D eigenvalue weighted by molar-refractivity contribution is 7.89. The molecule has 1 heterocycles. The molecule has 0 saturated carbocycles. The third-order valence-electron chi connectivity index (χ3n) is 4.71. The lowest BCUT2D eigenvalue weighted by Crippen LogP contribution is -2.30. The molecule has 0 aliphatic carbocycles. The van der Waals surface area contributed by atoms with Crippen LogP contribution in [0.25, 0.3) is 0 Å². The number of benzene rings is 2. The van der Waals surface area contributed by atoms with Crippen molar-refractivity contribution >= 4 is 33.0 Å². The highest BCUT2D eigenvalue weighted by Gasteiger charge is 2.32. The van der Waals surface area contributed by atoms with E-state index in [0.717, 1.165) is 18.9 Å². The first-order chi connectivity index (χ1) is 13.2. The van der Waals surface area contributed by atoms with E-state index in [1.165, 1.54) is 33.5 Å². The molecule has 1 aliphatic rings. The summed E-state index contributed by atoms with van der Waals surface area (Å²) in [6.07, 6.45) is 1.48. The predicted molar refractivity (Wildman–Crippen MR) is 105 cm³/mol. The Bertz CT molecular complexity index is 990. The van der Waals surface area contributed by atoms with Gasteiger partial charge < -0.3 is 4.90 Å². The van der Waals surface area contributed by atoms with Gasteiger partial charge in [-0.25, -0.2) is 12.8 Å². The van der Waals surface area contributed by atoms with Gasteiger partial charge >= 0.3 is 0 Å². The molecule has 0 spiro atoms. The van der Waals surface area contributed by atoms with Crippen molar-refractivity contribution in [3.63, 3.8) is 0 Å². The second-order valence-corrected chi connectivity index (χ2v) is 8.89. The first-order valence-corrected chi connectivity index (χ1v) is 10.5. The SMILES string of the molecule is CN(Cc1c(F)cccc1Cl)c1ccc([N+](=O)[O-])cc1S(=O)(=O)N1CCCC1. The van der Waals surface area contributed by atoms with Crippen molar-refractivity contribution in [3.05, 3.63) is 62.9 Å². The molecule has 1 fully saturated rings. The summed E-state index contributed by atoms with van der Waals surface area (Å²) in [5, 5.41) is 11.4. The summed E-state index contributed by atoms with van der Waals surface area (Å²) in [4.78, 5) is 11.9. The van der Waals surface area contributed by atoms with E-state index in [1.807, 2.05) is 0 Å². The number of halogens is 2. The van der Waals surface area contributed by atoms with Gasteiger partial charge in [0.2, 0.25) is 10.0 Å². The Hall–Kier alpha value is -2.23. The lowest BCUT2D eigenvalue weighted by atomic mass is 10.2. The van der Waals surface area contributed by atoms with Crippen molar-refractivity contribution < 1.29 is 17.7 Å². The van der Waals surface area contributed by atoms with Gasteiger partial charge in [0.05, 0.1) is 10.6 Å². The molecule has 0 aromatic heterocycles. The van der Waals surface area contributed by atoms with Gasteiger partial charge in [-0.3, -0.25) is 10.1 Å². The molecule has 28 heavy (non-hydrogen) atoms. The second kappa shape index (κ2) is 8.02. The number of non-ortho nitro benzene ring substituents is 1. The zero-order valence-electron chi connectivity index (χ0n) is 15.1. The number of sulfonamides is 1. The molecule has 0 atom stereocenters. The normalized spacial score (nSPS) is 15.0. The van der Waals surface area contributed by atoms with Crippen molar-refractivity contribution in [2.45, 2.75) is 24.3 Å². The molecule has 2 aromatic rings. The Kier molecular flexibility index (Phi) is 5.87. The van der Waals surface area contributed by atoms with Crippen LogP contribution in [0.5, 0.6) is 0 Å². The Balaban J connectivity index is 2.06. The molecule has 0 amide bonds. The molecule has 0 radical (unpaired) electrons. The van der Waals surface area contributed by atoms with Crippen molar-refractivity contribution in [1.29, 1.82) is 0 Å². The first-order valence-electron chi connectivity index (χ1n) is 8.64. The molecule has 1 saturated heterocycles. The summed E-state index contributed by atoms with van der Waals surface area (Å²) in [7, 11) is -2.33. The van der Waals surface area contributed by atoms with E-state index in [4.69, 9.17) is 11.6 Å². The molecule has 7 nitrogen and oxygen atoms in total. The van der Waals surface area contributed by atoms with Crippen LogP contribution in [0.4, 0.5) is 15.8 Å². The molecule has 0 bridgehead atoms. The Morgan fingerprint density at radius 1 is 1.25 bits per heavy atom. The summed E-state index contributed by atoms with van der Waals surface area (Å²) >= 11 is 6.08. The average molecular weight is 428 g/mol. The number of anilines is 1. The summed E-state index contributed by atoms with van der Waals surface area (Å²) in [5.41, 5.74) is 0.144. The smallest absolute Gasteiger partial charge is 0.270 e. The number of hydrogen-bond donors (Lipinski definition) is 0. The van der Waals surface area contributed by atoms with Crippen LogP contribution in [0.3, 0.4) is 0 Å². The monoisotopic (exact) mass is 427 g/mol. The molecule has 3 rings (SSSR count). The number of nitro benzene ring substituents is 1. The number of rotatable bonds is 6. The molecule has 2 aromatic carbocycles. The Morgan fingerprint density at radius 3 is 2.54 bits per heavy atom. The molecule has 0 N–H and O–H groups in total. The minimum atomic E-state index is -3.92. The number of hydrogen-bond acceptors (Lipinski definition) is 5. The fourth-order valence-electron chi connectivity index (χ4n) is 3.21. The number of nitro groups is 1. The van der Waals surface area contributed by atoms with Crippen LogP contribution in [0, 0.1) is 15.9 Å². The molecule has 0 unspecified atom stereocenters. The topological polar surface area (TPSA) is 83.8 Å². The second-order valence-electron chi connectivity index (χ2n) is 6.58. The average Bonchev–Trinajstić information content (AvgIpc) is 3.19. The fraction of sp³-hybridized carbons (Fsp3) is 0.333. The van der Waals surface area contributed by atoms with Crippen molar-refractivity contribution in [2.75, 3.05) is 25.0 Å². The van der Waals surface area contributed by atoms with Crippen molar-refractivity contribution in [3.8, 4) is 0 Å². The maximum absolute atomic E-state index is 14.1. The third kappa shape index (κ3) is 3.96.